The second kappa shape index (κ2) is 8.68. The van der Waals surface area contributed by atoms with E-state index in [1.165, 1.54) is 24.3 Å². The zero-order valence-electron chi connectivity index (χ0n) is 13.1. The molecule has 1 aliphatic rings. The van der Waals surface area contributed by atoms with Gasteiger partial charge in [0.05, 0.1) is 11.5 Å². The van der Waals surface area contributed by atoms with Crippen LogP contribution in [0.4, 0.5) is 0 Å². The first-order chi connectivity index (χ1) is 11.0. The van der Waals surface area contributed by atoms with Gasteiger partial charge >= 0.3 is 0 Å². The number of thioether (sulfide) groups is 1. The Hall–Kier alpha value is -1.09. The van der Waals surface area contributed by atoms with Gasteiger partial charge in [0.25, 0.3) is 5.91 Å². The molecule has 1 amide bonds. The Morgan fingerprint density at radius 1 is 1.35 bits per heavy atom. The standard InChI is InChI=1S/C15H22N2O4S2/c1-2-22-10-8-16-15(18)12-3-5-14(6-4-12)23(19,20)17-13-7-9-21-11-13/h3-6,13,17H,2,7-11H2,1H3,(H,16,18). The van der Waals surface area contributed by atoms with Crippen LogP contribution in [0, 0.1) is 0 Å². The molecule has 1 fully saturated rings. The maximum atomic E-state index is 12.2. The summed E-state index contributed by atoms with van der Waals surface area (Å²) in [5.74, 6) is 1.69. The van der Waals surface area contributed by atoms with Crippen molar-refractivity contribution in [2.45, 2.75) is 24.3 Å². The number of sulfonamides is 1. The number of carbonyl (C=O) groups is 1. The highest BCUT2D eigenvalue weighted by molar-refractivity contribution is 7.99. The fourth-order valence-electron chi connectivity index (χ4n) is 2.18. The maximum absolute atomic E-state index is 12.2. The highest BCUT2D eigenvalue weighted by Gasteiger charge is 2.23. The van der Waals surface area contributed by atoms with Crippen LogP contribution in [-0.2, 0) is 14.8 Å². The molecule has 128 valence electrons. The predicted octanol–water partition coefficient (Wildman–Crippen LogP) is 1.24. The molecule has 1 heterocycles. The lowest BCUT2D eigenvalue weighted by atomic mass is 10.2. The van der Waals surface area contributed by atoms with E-state index in [9.17, 15) is 13.2 Å². The number of ether oxygens (including phenoxy) is 1. The molecule has 2 rings (SSSR count). The van der Waals surface area contributed by atoms with Crippen molar-refractivity contribution in [3.05, 3.63) is 29.8 Å². The van der Waals surface area contributed by atoms with Crippen molar-refractivity contribution in [3.8, 4) is 0 Å². The molecule has 1 atom stereocenters. The number of benzene rings is 1. The zero-order valence-corrected chi connectivity index (χ0v) is 14.7. The Balaban J connectivity index is 1.94. The highest BCUT2D eigenvalue weighted by atomic mass is 32.2. The molecule has 0 bridgehead atoms. The van der Waals surface area contributed by atoms with Gasteiger partial charge in [-0.2, -0.15) is 11.8 Å². The lowest BCUT2D eigenvalue weighted by Gasteiger charge is -2.11. The van der Waals surface area contributed by atoms with E-state index >= 15 is 0 Å². The van der Waals surface area contributed by atoms with Crippen molar-refractivity contribution in [1.82, 2.24) is 10.0 Å². The quantitative estimate of drug-likeness (QED) is 0.683. The Morgan fingerprint density at radius 2 is 2.09 bits per heavy atom. The summed E-state index contributed by atoms with van der Waals surface area (Å²) in [6.45, 7) is 3.64. The van der Waals surface area contributed by atoms with Crippen LogP contribution in [-0.4, -0.2) is 51.6 Å². The number of carbonyl (C=O) groups excluding carboxylic acids is 1. The minimum absolute atomic E-state index is 0.155. The fraction of sp³-hybridized carbons (Fsp3) is 0.533. The molecule has 1 aromatic rings. The third kappa shape index (κ3) is 5.49. The van der Waals surface area contributed by atoms with Gasteiger partial charge in [0, 0.05) is 30.5 Å². The van der Waals surface area contributed by atoms with Gasteiger partial charge in [-0.05, 0) is 36.4 Å². The van der Waals surface area contributed by atoms with E-state index < -0.39 is 10.0 Å². The first-order valence-electron chi connectivity index (χ1n) is 7.59. The molecule has 0 aromatic heterocycles. The molecule has 1 unspecified atom stereocenters. The third-order valence-corrected chi connectivity index (χ3v) is 5.85. The lowest BCUT2D eigenvalue weighted by molar-refractivity contribution is 0.0956. The molecule has 2 N–H and O–H groups in total. The Kier molecular flexibility index (Phi) is 6.88. The van der Waals surface area contributed by atoms with Crippen molar-refractivity contribution in [2.24, 2.45) is 0 Å². The van der Waals surface area contributed by atoms with Crippen LogP contribution in [0.25, 0.3) is 0 Å². The van der Waals surface area contributed by atoms with E-state index in [1.54, 1.807) is 11.8 Å². The van der Waals surface area contributed by atoms with Crippen LogP contribution in [0.5, 0.6) is 0 Å². The Bertz CT molecular complexity index is 611. The van der Waals surface area contributed by atoms with Crippen LogP contribution in [0.15, 0.2) is 29.2 Å². The zero-order chi connectivity index (χ0) is 16.7. The van der Waals surface area contributed by atoms with E-state index in [2.05, 4.69) is 17.0 Å². The van der Waals surface area contributed by atoms with Crippen molar-refractivity contribution in [3.63, 3.8) is 0 Å². The first-order valence-corrected chi connectivity index (χ1v) is 10.2. The molecule has 0 spiro atoms. The van der Waals surface area contributed by atoms with Crippen LogP contribution in [0.3, 0.4) is 0 Å². The number of hydrogen-bond acceptors (Lipinski definition) is 5. The predicted molar refractivity (Wildman–Crippen MR) is 91.3 cm³/mol. The average Bonchev–Trinajstić information content (AvgIpc) is 3.04. The maximum Gasteiger partial charge on any atom is 0.251 e. The van der Waals surface area contributed by atoms with Gasteiger partial charge < -0.3 is 10.1 Å². The number of rotatable bonds is 8. The molecule has 0 radical (unpaired) electrons. The summed E-state index contributed by atoms with van der Waals surface area (Å²) in [5.41, 5.74) is 0.453. The largest absolute Gasteiger partial charge is 0.380 e. The molecule has 6 nitrogen and oxygen atoms in total. The normalized spacial score (nSPS) is 18.0. The second-order valence-electron chi connectivity index (χ2n) is 5.16. The SMILES string of the molecule is CCSCCNC(=O)c1ccc(S(=O)(=O)NC2CCOC2)cc1. The molecule has 0 saturated carbocycles. The molecule has 1 aromatic carbocycles. The lowest BCUT2D eigenvalue weighted by Crippen LogP contribution is -2.35. The molecule has 23 heavy (non-hydrogen) atoms. The van der Waals surface area contributed by atoms with Gasteiger partial charge in [-0.1, -0.05) is 6.92 Å². The van der Waals surface area contributed by atoms with Crippen molar-refractivity contribution in [1.29, 1.82) is 0 Å². The summed E-state index contributed by atoms with van der Waals surface area (Å²) in [7, 11) is -3.58. The van der Waals surface area contributed by atoms with Gasteiger partial charge in [-0.15, -0.1) is 0 Å². The summed E-state index contributed by atoms with van der Waals surface area (Å²) < 4.78 is 32.3. The molecule has 1 saturated heterocycles. The summed E-state index contributed by atoms with van der Waals surface area (Å²) >= 11 is 1.75. The Morgan fingerprint density at radius 3 is 2.70 bits per heavy atom. The average molecular weight is 358 g/mol. The first kappa shape index (κ1) is 18.3. The van der Waals surface area contributed by atoms with Gasteiger partial charge in [-0.25, -0.2) is 13.1 Å². The second-order valence-corrected chi connectivity index (χ2v) is 8.27. The molecular formula is C15H22N2O4S2. The smallest absolute Gasteiger partial charge is 0.251 e. The van der Waals surface area contributed by atoms with Gasteiger partial charge in [-0.3, -0.25) is 4.79 Å². The van der Waals surface area contributed by atoms with E-state index in [-0.39, 0.29) is 16.8 Å². The molecular weight excluding hydrogens is 336 g/mol. The van der Waals surface area contributed by atoms with Crippen LogP contribution >= 0.6 is 11.8 Å². The summed E-state index contributed by atoms with van der Waals surface area (Å²) in [6, 6.07) is 5.78. The highest BCUT2D eigenvalue weighted by Crippen LogP contribution is 2.13. The monoisotopic (exact) mass is 358 g/mol. The van der Waals surface area contributed by atoms with Gasteiger partial charge in [0.15, 0.2) is 0 Å². The number of amides is 1. The summed E-state index contributed by atoms with van der Waals surface area (Å²) in [4.78, 5) is 12.1. The summed E-state index contributed by atoms with van der Waals surface area (Å²) in [5, 5.41) is 2.81. The third-order valence-electron chi connectivity index (χ3n) is 3.41. The van der Waals surface area contributed by atoms with Crippen LogP contribution in [0.1, 0.15) is 23.7 Å². The molecule has 0 aliphatic carbocycles. The van der Waals surface area contributed by atoms with Gasteiger partial charge in [0.1, 0.15) is 0 Å². The van der Waals surface area contributed by atoms with Gasteiger partial charge in [0.2, 0.25) is 10.0 Å². The van der Waals surface area contributed by atoms with E-state index in [4.69, 9.17) is 4.74 Å². The van der Waals surface area contributed by atoms with E-state index in [0.29, 0.717) is 31.7 Å². The Labute approximate surface area is 141 Å². The van der Waals surface area contributed by atoms with Crippen molar-refractivity contribution < 1.29 is 17.9 Å². The molecule has 1 aliphatic heterocycles. The van der Waals surface area contributed by atoms with Crippen LogP contribution < -0.4 is 10.0 Å². The fourth-order valence-corrected chi connectivity index (χ4v) is 3.97. The summed E-state index contributed by atoms with van der Waals surface area (Å²) in [6.07, 6.45) is 0.676. The topological polar surface area (TPSA) is 84.5 Å². The minimum Gasteiger partial charge on any atom is -0.380 e. The minimum atomic E-state index is -3.58. The van der Waals surface area contributed by atoms with Crippen molar-refractivity contribution in [2.75, 3.05) is 31.3 Å². The van der Waals surface area contributed by atoms with Crippen molar-refractivity contribution >= 4 is 27.7 Å². The molecule has 8 heteroatoms. The van der Waals surface area contributed by atoms with Crippen LogP contribution in [0.2, 0.25) is 0 Å². The van der Waals surface area contributed by atoms with E-state index in [1.807, 2.05) is 0 Å². The number of hydrogen-bond donors (Lipinski definition) is 2. The number of nitrogens with one attached hydrogen (secondary N) is 2. The van der Waals surface area contributed by atoms with E-state index in [0.717, 1.165) is 11.5 Å².